The van der Waals surface area contributed by atoms with Crippen molar-refractivity contribution < 1.29 is 4.74 Å². The van der Waals surface area contributed by atoms with Crippen LogP contribution in [0.5, 0.6) is 0 Å². The molecule has 1 aliphatic rings. The fourth-order valence-electron chi connectivity index (χ4n) is 2.68. The fourth-order valence-corrected chi connectivity index (χ4v) is 3.69. The number of hydrogen-bond donors (Lipinski definition) is 1. The zero-order valence-electron chi connectivity index (χ0n) is 12.4. The molecular formula is C15H26N2OS. The lowest BCUT2D eigenvalue weighted by Gasteiger charge is -2.27. The monoisotopic (exact) mass is 282 g/mol. The summed E-state index contributed by atoms with van der Waals surface area (Å²) in [6.45, 7) is 8.39. The quantitative estimate of drug-likeness (QED) is 0.870. The van der Waals surface area contributed by atoms with Crippen LogP contribution < -0.4 is 5.32 Å². The molecule has 2 heterocycles. The number of likely N-dealkylation sites (N-methyl/N-ethyl adjacent to an activating group) is 1. The van der Waals surface area contributed by atoms with E-state index in [0.717, 1.165) is 26.0 Å². The van der Waals surface area contributed by atoms with E-state index < -0.39 is 0 Å². The first-order chi connectivity index (χ1) is 9.19. The topological polar surface area (TPSA) is 34.2 Å². The van der Waals surface area contributed by atoms with E-state index in [0.29, 0.717) is 12.1 Å². The molecule has 0 spiro atoms. The van der Waals surface area contributed by atoms with Gasteiger partial charge in [0.2, 0.25) is 0 Å². The van der Waals surface area contributed by atoms with Crippen molar-refractivity contribution in [1.29, 1.82) is 0 Å². The van der Waals surface area contributed by atoms with Crippen molar-refractivity contribution in [2.45, 2.75) is 65.0 Å². The molecule has 1 aromatic rings. The Morgan fingerprint density at radius 3 is 2.84 bits per heavy atom. The number of nitrogens with zero attached hydrogens (tertiary/aromatic N) is 1. The highest BCUT2D eigenvalue weighted by atomic mass is 32.1. The Balaban J connectivity index is 1.91. The molecule has 0 aliphatic carbocycles. The summed E-state index contributed by atoms with van der Waals surface area (Å²) in [5.41, 5.74) is 1.18. The molecule has 3 nitrogen and oxygen atoms in total. The van der Waals surface area contributed by atoms with Crippen molar-refractivity contribution in [2.24, 2.45) is 0 Å². The molecule has 0 radical (unpaired) electrons. The normalized spacial score (nSPS) is 21.5. The van der Waals surface area contributed by atoms with Gasteiger partial charge in [0, 0.05) is 23.9 Å². The number of rotatable bonds is 6. The zero-order valence-corrected chi connectivity index (χ0v) is 13.2. The number of nitrogens with one attached hydrogen (secondary N) is 1. The largest absolute Gasteiger partial charge is 0.378 e. The molecule has 2 atom stereocenters. The van der Waals surface area contributed by atoms with Gasteiger partial charge in [0.25, 0.3) is 0 Å². The molecule has 2 unspecified atom stereocenters. The predicted octanol–water partition coefficient (Wildman–Crippen LogP) is 3.24. The van der Waals surface area contributed by atoms with Gasteiger partial charge in [-0.25, -0.2) is 4.98 Å². The Labute approximate surface area is 120 Å². The lowest BCUT2D eigenvalue weighted by molar-refractivity contribution is 0.00535. The summed E-state index contributed by atoms with van der Waals surface area (Å²) in [6, 6.07) is 0.498. The van der Waals surface area contributed by atoms with E-state index in [1.165, 1.54) is 34.8 Å². The molecule has 1 fully saturated rings. The van der Waals surface area contributed by atoms with Crippen LogP contribution in [0.3, 0.4) is 0 Å². The van der Waals surface area contributed by atoms with E-state index in [-0.39, 0.29) is 0 Å². The summed E-state index contributed by atoms with van der Waals surface area (Å²) in [5.74, 6) is 0. The molecule has 0 bridgehead atoms. The molecule has 4 heteroatoms. The van der Waals surface area contributed by atoms with Crippen LogP contribution in [0.1, 0.15) is 48.2 Å². The van der Waals surface area contributed by atoms with Crippen LogP contribution in [0.25, 0.3) is 0 Å². The highest BCUT2D eigenvalue weighted by Crippen LogP contribution is 2.22. The van der Waals surface area contributed by atoms with Gasteiger partial charge < -0.3 is 10.1 Å². The average molecular weight is 282 g/mol. The van der Waals surface area contributed by atoms with Crippen LogP contribution in [0.4, 0.5) is 0 Å². The molecule has 0 amide bonds. The van der Waals surface area contributed by atoms with Crippen LogP contribution >= 0.6 is 11.3 Å². The molecular weight excluding hydrogens is 256 g/mol. The van der Waals surface area contributed by atoms with E-state index >= 15 is 0 Å². The molecule has 2 rings (SSSR count). The Morgan fingerprint density at radius 2 is 2.26 bits per heavy atom. The molecule has 1 aliphatic heterocycles. The lowest BCUT2D eigenvalue weighted by atomic mass is 10.00. The van der Waals surface area contributed by atoms with Gasteiger partial charge in [-0.2, -0.15) is 0 Å². The Morgan fingerprint density at radius 1 is 1.42 bits per heavy atom. The van der Waals surface area contributed by atoms with E-state index in [9.17, 15) is 0 Å². The van der Waals surface area contributed by atoms with Crippen LogP contribution in [0.2, 0.25) is 0 Å². The van der Waals surface area contributed by atoms with Crippen molar-refractivity contribution in [2.75, 3.05) is 13.2 Å². The maximum Gasteiger partial charge on any atom is 0.0946 e. The summed E-state index contributed by atoms with van der Waals surface area (Å²) < 4.78 is 5.86. The zero-order chi connectivity index (χ0) is 13.7. The van der Waals surface area contributed by atoms with Crippen molar-refractivity contribution >= 4 is 11.3 Å². The van der Waals surface area contributed by atoms with Crippen molar-refractivity contribution in [3.63, 3.8) is 0 Å². The first-order valence-electron chi connectivity index (χ1n) is 7.47. The Bertz CT molecular complexity index is 366. The standard InChI is InChI=1S/C15H26N2OS/c1-4-16-13(9-14-7-5-6-8-18-14)10-15-17-11(2)12(3)19-15/h13-14,16H,4-10H2,1-3H3. The van der Waals surface area contributed by atoms with E-state index in [4.69, 9.17) is 4.74 Å². The molecule has 1 N–H and O–H groups in total. The molecule has 0 aromatic carbocycles. The maximum absolute atomic E-state index is 5.86. The summed E-state index contributed by atoms with van der Waals surface area (Å²) in [4.78, 5) is 6.01. The highest BCUT2D eigenvalue weighted by molar-refractivity contribution is 7.11. The van der Waals surface area contributed by atoms with Gasteiger partial charge in [-0.15, -0.1) is 11.3 Å². The smallest absolute Gasteiger partial charge is 0.0946 e. The van der Waals surface area contributed by atoms with Gasteiger partial charge in [-0.3, -0.25) is 0 Å². The maximum atomic E-state index is 5.86. The number of hydrogen-bond acceptors (Lipinski definition) is 4. The van der Waals surface area contributed by atoms with Crippen molar-refractivity contribution in [1.82, 2.24) is 10.3 Å². The summed E-state index contributed by atoms with van der Waals surface area (Å²) in [6.07, 6.45) is 6.36. The summed E-state index contributed by atoms with van der Waals surface area (Å²) in [7, 11) is 0. The van der Waals surface area contributed by atoms with Crippen molar-refractivity contribution in [3.8, 4) is 0 Å². The second-order valence-corrected chi connectivity index (χ2v) is 6.72. The number of thiazole rings is 1. The summed E-state index contributed by atoms with van der Waals surface area (Å²) >= 11 is 1.84. The van der Waals surface area contributed by atoms with Crippen LogP contribution in [-0.2, 0) is 11.2 Å². The van der Waals surface area contributed by atoms with Gasteiger partial charge in [0.15, 0.2) is 0 Å². The third-order valence-corrected chi connectivity index (χ3v) is 4.90. The fraction of sp³-hybridized carbons (Fsp3) is 0.800. The average Bonchev–Trinajstić information content (AvgIpc) is 2.70. The Hall–Kier alpha value is -0.450. The van der Waals surface area contributed by atoms with Crippen molar-refractivity contribution in [3.05, 3.63) is 15.6 Å². The number of ether oxygens (including phenoxy) is 1. The number of aryl methyl sites for hydroxylation is 2. The molecule has 1 aromatic heterocycles. The van der Waals surface area contributed by atoms with Gasteiger partial charge in [0.05, 0.1) is 16.8 Å². The van der Waals surface area contributed by atoms with E-state index in [1.54, 1.807) is 0 Å². The molecule has 19 heavy (non-hydrogen) atoms. The third kappa shape index (κ3) is 4.55. The first kappa shape index (κ1) is 14.9. The second kappa shape index (κ2) is 7.36. The molecule has 1 saturated heterocycles. The highest BCUT2D eigenvalue weighted by Gasteiger charge is 2.20. The van der Waals surface area contributed by atoms with E-state index in [2.05, 4.69) is 31.1 Å². The van der Waals surface area contributed by atoms with Gasteiger partial charge in [-0.05, 0) is 46.1 Å². The first-order valence-corrected chi connectivity index (χ1v) is 8.28. The van der Waals surface area contributed by atoms with E-state index in [1.807, 2.05) is 11.3 Å². The van der Waals surface area contributed by atoms with Gasteiger partial charge in [0.1, 0.15) is 0 Å². The minimum atomic E-state index is 0.444. The SMILES string of the molecule is CCNC(Cc1nc(C)c(C)s1)CC1CCCCO1. The Kier molecular flexibility index (Phi) is 5.79. The predicted molar refractivity (Wildman–Crippen MR) is 81.0 cm³/mol. The minimum Gasteiger partial charge on any atom is -0.378 e. The summed E-state index contributed by atoms with van der Waals surface area (Å²) in [5, 5.41) is 4.85. The van der Waals surface area contributed by atoms with Crippen LogP contribution in [0, 0.1) is 13.8 Å². The number of aromatic nitrogens is 1. The van der Waals surface area contributed by atoms with Gasteiger partial charge in [-0.1, -0.05) is 6.92 Å². The lowest BCUT2D eigenvalue weighted by Crippen LogP contribution is -2.36. The van der Waals surface area contributed by atoms with Gasteiger partial charge >= 0.3 is 0 Å². The second-order valence-electron chi connectivity index (χ2n) is 5.43. The van der Waals surface area contributed by atoms with Crippen LogP contribution in [0.15, 0.2) is 0 Å². The molecule has 0 saturated carbocycles. The minimum absolute atomic E-state index is 0.444. The third-order valence-electron chi connectivity index (χ3n) is 3.81. The van der Waals surface area contributed by atoms with Crippen LogP contribution in [-0.4, -0.2) is 30.3 Å². The molecule has 108 valence electrons.